The number of nitrogens with two attached hydrogens (primary N) is 1. The van der Waals surface area contributed by atoms with Crippen molar-refractivity contribution in [2.75, 3.05) is 18.1 Å². The van der Waals surface area contributed by atoms with Crippen LogP contribution >= 0.6 is 0 Å². The van der Waals surface area contributed by atoms with Crippen LogP contribution in [0.4, 0.5) is 11.5 Å². The lowest BCUT2D eigenvalue weighted by molar-refractivity contribution is 1.07. The highest BCUT2D eigenvalue weighted by molar-refractivity contribution is 5.94. The molecule has 0 atom stereocenters. The quantitative estimate of drug-likeness (QED) is 0.721. The maximum Gasteiger partial charge on any atom is 0.149 e. The Labute approximate surface area is 123 Å². The topological polar surface area (TPSA) is 76.7 Å². The summed E-state index contributed by atoms with van der Waals surface area (Å²) in [5.41, 5.74) is 10.9. The lowest BCUT2D eigenvalue weighted by Crippen LogP contribution is -1.98. The first-order valence-corrected chi connectivity index (χ1v) is 6.91. The SMILES string of the molecule is CCc1ccncc1-c1cc(N)c2nnc(NC)cc2c1. The number of benzene rings is 1. The van der Waals surface area contributed by atoms with Gasteiger partial charge in [0.15, 0.2) is 0 Å². The fraction of sp³-hybridized carbons (Fsp3) is 0.188. The highest BCUT2D eigenvalue weighted by Gasteiger charge is 2.09. The van der Waals surface area contributed by atoms with Gasteiger partial charge in [-0.1, -0.05) is 6.92 Å². The number of anilines is 2. The number of fused-ring (bicyclic) bond motifs is 1. The Hall–Kier alpha value is -2.69. The van der Waals surface area contributed by atoms with Gasteiger partial charge in [-0.25, -0.2) is 0 Å². The third-order valence-electron chi connectivity index (χ3n) is 3.58. The summed E-state index contributed by atoms with van der Waals surface area (Å²) in [5, 5.41) is 12.2. The third-order valence-corrected chi connectivity index (χ3v) is 3.58. The summed E-state index contributed by atoms with van der Waals surface area (Å²) in [7, 11) is 1.82. The summed E-state index contributed by atoms with van der Waals surface area (Å²) in [6.07, 6.45) is 4.65. The van der Waals surface area contributed by atoms with Crippen molar-refractivity contribution >= 4 is 22.4 Å². The second-order valence-corrected chi connectivity index (χ2v) is 4.87. The molecule has 21 heavy (non-hydrogen) atoms. The Bertz CT molecular complexity index is 798. The Kier molecular flexibility index (Phi) is 3.39. The van der Waals surface area contributed by atoms with E-state index in [9.17, 15) is 0 Å². The molecular formula is C16H17N5. The first kappa shape index (κ1) is 13.3. The van der Waals surface area contributed by atoms with Gasteiger partial charge < -0.3 is 11.1 Å². The fourth-order valence-corrected chi connectivity index (χ4v) is 2.45. The normalized spacial score (nSPS) is 10.8. The van der Waals surface area contributed by atoms with Crippen molar-refractivity contribution in [1.29, 1.82) is 0 Å². The van der Waals surface area contributed by atoms with Crippen LogP contribution in [-0.4, -0.2) is 22.2 Å². The molecule has 2 heterocycles. The van der Waals surface area contributed by atoms with Crippen molar-refractivity contribution in [3.05, 3.63) is 42.2 Å². The molecule has 0 radical (unpaired) electrons. The second kappa shape index (κ2) is 5.36. The Morgan fingerprint density at radius 1 is 1.19 bits per heavy atom. The van der Waals surface area contributed by atoms with Gasteiger partial charge in [0.1, 0.15) is 11.3 Å². The van der Waals surface area contributed by atoms with Gasteiger partial charge in [-0.3, -0.25) is 4.98 Å². The van der Waals surface area contributed by atoms with Crippen molar-refractivity contribution < 1.29 is 0 Å². The fourth-order valence-electron chi connectivity index (χ4n) is 2.45. The average Bonchev–Trinajstić information content (AvgIpc) is 2.54. The van der Waals surface area contributed by atoms with Gasteiger partial charge >= 0.3 is 0 Å². The molecule has 1 aromatic carbocycles. The molecule has 106 valence electrons. The van der Waals surface area contributed by atoms with Crippen molar-refractivity contribution in [1.82, 2.24) is 15.2 Å². The molecule has 0 aliphatic rings. The van der Waals surface area contributed by atoms with E-state index < -0.39 is 0 Å². The molecule has 0 saturated heterocycles. The number of aryl methyl sites for hydroxylation is 1. The van der Waals surface area contributed by atoms with Crippen LogP contribution < -0.4 is 11.1 Å². The first-order chi connectivity index (χ1) is 10.2. The highest BCUT2D eigenvalue weighted by Crippen LogP contribution is 2.30. The number of pyridine rings is 1. The summed E-state index contributed by atoms with van der Waals surface area (Å²) in [5.74, 6) is 0.723. The molecule has 3 N–H and O–H groups in total. The third kappa shape index (κ3) is 2.38. The minimum absolute atomic E-state index is 0.628. The van der Waals surface area contributed by atoms with Crippen LogP contribution in [0.25, 0.3) is 22.0 Å². The van der Waals surface area contributed by atoms with E-state index in [2.05, 4.69) is 33.5 Å². The van der Waals surface area contributed by atoms with E-state index >= 15 is 0 Å². The number of hydrogen-bond acceptors (Lipinski definition) is 5. The van der Waals surface area contributed by atoms with Gasteiger partial charge in [-0.15, -0.1) is 10.2 Å². The molecule has 0 spiro atoms. The molecule has 2 aromatic heterocycles. The molecule has 0 unspecified atom stereocenters. The average molecular weight is 279 g/mol. The van der Waals surface area contributed by atoms with Crippen LogP contribution in [0, 0.1) is 0 Å². The van der Waals surface area contributed by atoms with E-state index in [1.807, 2.05) is 37.6 Å². The monoisotopic (exact) mass is 279 g/mol. The summed E-state index contributed by atoms with van der Waals surface area (Å²) >= 11 is 0. The van der Waals surface area contributed by atoms with Crippen molar-refractivity contribution in [3.63, 3.8) is 0 Å². The predicted octanol–water partition coefficient (Wildman–Crippen LogP) is 2.88. The minimum atomic E-state index is 0.628. The Morgan fingerprint density at radius 2 is 2.05 bits per heavy atom. The van der Waals surface area contributed by atoms with Gasteiger partial charge in [0, 0.05) is 30.4 Å². The Morgan fingerprint density at radius 3 is 2.81 bits per heavy atom. The van der Waals surface area contributed by atoms with E-state index in [0.29, 0.717) is 5.69 Å². The standard InChI is InChI=1S/C16H17N5/c1-3-10-4-5-19-9-13(10)11-6-12-8-15(18-2)20-21-16(12)14(17)7-11/h4-9H,3,17H2,1-2H3,(H,18,20). The maximum absolute atomic E-state index is 6.13. The highest BCUT2D eigenvalue weighted by atomic mass is 15.2. The van der Waals surface area contributed by atoms with Crippen LogP contribution in [0.5, 0.6) is 0 Å². The minimum Gasteiger partial charge on any atom is -0.397 e. The van der Waals surface area contributed by atoms with Crippen molar-refractivity contribution in [2.45, 2.75) is 13.3 Å². The molecule has 3 aromatic rings. The molecule has 3 rings (SSSR count). The summed E-state index contributed by atoms with van der Waals surface area (Å²) < 4.78 is 0. The smallest absolute Gasteiger partial charge is 0.149 e. The predicted molar refractivity (Wildman–Crippen MR) is 86.1 cm³/mol. The molecule has 0 fully saturated rings. The lowest BCUT2D eigenvalue weighted by Gasteiger charge is -2.10. The molecule has 0 amide bonds. The van der Waals surface area contributed by atoms with Crippen LogP contribution in [0.15, 0.2) is 36.7 Å². The van der Waals surface area contributed by atoms with E-state index in [0.717, 1.165) is 34.3 Å². The largest absolute Gasteiger partial charge is 0.397 e. The number of nitrogen functional groups attached to an aromatic ring is 1. The van der Waals surface area contributed by atoms with Crippen LogP contribution in [0.3, 0.4) is 0 Å². The number of nitrogens with one attached hydrogen (secondary N) is 1. The number of hydrogen-bond donors (Lipinski definition) is 2. The zero-order valence-corrected chi connectivity index (χ0v) is 12.1. The van der Waals surface area contributed by atoms with Gasteiger partial charge in [0.05, 0.1) is 5.69 Å². The zero-order valence-electron chi connectivity index (χ0n) is 12.1. The van der Waals surface area contributed by atoms with E-state index in [-0.39, 0.29) is 0 Å². The number of nitrogens with zero attached hydrogens (tertiary/aromatic N) is 3. The second-order valence-electron chi connectivity index (χ2n) is 4.87. The van der Waals surface area contributed by atoms with Gasteiger partial charge in [-0.2, -0.15) is 0 Å². The molecule has 0 aliphatic heterocycles. The molecular weight excluding hydrogens is 262 g/mol. The zero-order chi connectivity index (χ0) is 14.8. The summed E-state index contributed by atoms with van der Waals surface area (Å²) in [6.45, 7) is 2.13. The van der Waals surface area contributed by atoms with Crippen LogP contribution in [-0.2, 0) is 6.42 Å². The number of rotatable bonds is 3. The van der Waals surface area contributed by atoms with Gasteiger partial charge in [0.25, 0.3) is 0 Å². The van der Waals surface area contributed by atoms with E-state index in [4.69, 9.17) is 5.73 Å². The van der Waals surface area contributed by atoms with E-state index in [1.165, 1.54) is 5.56 Å². The lowest BCUT2D eigenvalue weighted by atomic mass is 9.98. The van der Waals surface area contributed by atoms with Gasteiger partial charge in [-0.05, 0) is 41.8 Å². The molecule has 5 nitrogen and oxygen atoms in total. The van der Waals surface area contributed by atoms with Gasteiger partial charge in [0.2, 0.25) is 0 Å². The van der Waals surface area contributed by atoms with Crippen LogP contribution in [0.1, 0.15) is 12.5 Å². The van der Waals surface area contributed by atoms with E-state index in [1.54, 1.807) is 0 Å². The molecule has 5 heteroatoms. The summed E-state index contributed by atoms with van der Waals surface area (Å²) in [6, 6.07) is 8.01. The molecule has 0 bridgehead atoms. The van der Waals surface area contributed by atoms with Crippen molar-refractivity contribution in [2.24, 2.45) is 0 Å². The van der Waals surface area contributed by atoms with Crippen molar-refractivity contribution in [3.8, 4) is 11.1 Å². The maximum atomic E-state index is 6.13. The number of aromatic nitrogens is 3. The van der Waals surface area contributed by atoms with Crippen LogP contribution in [0.2, 0.25) is 0 Å². The molecule has 0 saturated carbocycles. The Balaban J connectivity index is 2.24. The first-order valence-electron chi connectivity index (χ1n) is 6.91. The molecule has 0 aliphatic carbocycles. The summed E-state index contributed by atoms with van der Waals surface area (Å²) in [4.78, 5) is 4.23.